The van der Waals surface area contributed by atoms with Gasteiger partial charge in [-0.2, -0.15) is 0 Å². The highest BCUT2D eigenvalue weighted by molar-refractivity contribution is 6.06. The fourth-order valence-electron chi connectivity index (χ4n) is 1.63. The molecule has 0 fully saturated rings. The number of rotatable bonds is 4. The van der Waals surface area contributed by atoms with Crippen molar-refractivity contribution in [3.05, 3.63) is 71.6 Å². The van der Waals surface area contributed by atoms with Crippen molar-refractivity contribution in [3.63, 3.8) is 0 Å². The van der Waals surface area contributed by atoms with Crippen molar-refractivity contribution in [1.29, 1.82) is 0 Å². The molecule has 3 heteroatoms. The van der Waals surface area contributed by atoms with Crippen molar-refractivity contribution >= 4 is 11.9 Å². The fraction of sp³-hybridized carbons (Fsp3) is 0.0625. The first kappa shape index (κ1) is 13.0. The van der Waals surface area contributed by atoms with E-state index in [2.05, 4.69) is 0 Å². The first-order chi connectivity index (χ1) is 9.19. The van der Waals surface area contributed by atoms with Gasteiger partial charge in [-0.3, -0.25) is 4.79 Å². The van der Waals surface area contributed by atoms with Gasteiger partial charge >= 0.3 is 0 Å². The molecule has 0 aliphatic rings. The van der Waals surface area contributed by atoms with Gasteiger partial charge in [-0.15, -0.1) is 0 Å². The average molecular weight is 256 g/mol. The molecule has 19 heavy (non-hydrogen) atoms. The normalized spacial score (nSPS) is 10.6. The van der Waals surface area contributed by atoms with Gasteiger partial charge in [0.2, 0.25) is 0 Å². The monoisotopic (exact) mass is 256 g/mol. The summed E-state index contributed by atoms with van der Waals surface area (Å²) in [6.45, 7) is 0. The lowest BCUT2D eigenvalue weighted by molar-refractivity contribution is 0.104. The number of carbonyl (C=O) groups excluding carboxylic acids is 1. The molecule has 0 bridgehead atoms. The Hall–Kier alpha value is -2.42. The third-order valence-corrected chi connectivity index (χ3v) is 2.65. The summed E-state index contributed by atoms with van der Waals surface area (Å²) in [5.74, 6) is 0.247. The fourth-order valence-corrected chi connectivity index (χ4v) is 1.63. The van der Waals surface area contributed by atoms with Gasteiger partial charge in [0.1, 0.15) is 11.6 Å². The lowest BCUT2D eigenvalue weighted by atomic mass is 10.1. The maximum atomic E-state index is 13.0. The van der Waals surface area contributed by atoms with Crippen LogP contribution in [0.1, 0.15) is 15.9 Å². The van der Waals surface area contributed by atoms with E-state index in [1.165, 1.54) is 18.2 Å². The summed E-state index contributed by atoms with van der Waals surface area (Å²) >= 11 is 0. The molecule has 0 heterocycles. The van der Waals surface area contributed by atoms with E-state index in [9.17, 15) is 9.18 Å². The molecular formula is C16H13FO2. The molecule has 2 aromatic carbocycles. The van der Waals surface area contributed by atoms with Gasteiger partial charge < -0.3 is 4.74 Å². The maximum Gasteiger partial charge on any atom is 0.185 e. The summed E-state index contributed by atoms with van der Waals surface area (Å²) in [5, 5.41) is 0. The van der Waals surface area contributed by atoms with Crippen molar-refractivity contribution in [3.8, 4) is 5.75 Å². The van der Waals surface area contributed by atoms with Crippen LogP contribution in [0, 0.1) is 5.82 Å². The first-order valence-corrected chi connectivity index (χ1v) is 5.81. The Morgan fingerprint density at radius 1 is 1.16 bits per heavy atom. The predicted molar refractivity (Wildman–Crippen MR) is 72.8 cm³/mol. The molecule has 0 aromatic heterocycles. The number of methoxy groups -OCH3 is 1. The Kier molecular flexibility index (Phi) is 4.08. The molecule has 0 N–H and O–H groups in total. The molecule has 0 saturated heterocycles. The van der Waals surface area contributed by atoms with Crippen LogP contribution in [-0.4, -0.2) is 12.9 Å². The van der Waals surface area contributed by atoms with Crippen LogP contribution in [0.2, 0.25) is 0 Å². The summed E-state index contributed by atoms with van der Waals surface area (Å²) in [5.41, 5.74) is 1.22. The maximum absolute atomic E-state index is 13.0. The third-order valence-electron chi connectivity index (χ3n) is 2.65. The second-order valence-corrected chi connectivity index (χ2v) is 3.98. The summed E-state index contributed by atoms with van der Waals surface area (Å²) < 4.78 is 18.0. The summed E-state index contributed by atoms with van der Waals surface area (Å²) in [6, 6.07) is 12.9. The van der Waals surface area contributed by atoms with Gasteiger partial charge in [0.05, 0.1) is 7.11 Å². The molecule has 0 radical (unpaired) electrons. The Morgan fingerprint density at radius 3 is 2.53 bits per heavy atom. The molecule has 0 unspecified atom stereocenters. The van der Waals surface area contributed by atoms with E-state index < -0.39 is 0 Å². The Labute approximate surface area is 111 Å². The molecule has 2 nitrogen and oxygen atoms in total. The zero-order valence-corrected chi connectivity index (χ0v) is 10.5. The molecule has 0 saturated carbocycles. The standard InChI is InChI=1S/C16H13FO2/c1-19-15-8-6-13(7-9-15)16(18)10-5-12-3-2-4-14(17)11-12/h2-11H,1H3/b10-5+. The molecule has 0 amide bonds. The number of ketones is 1. The lowest BCUT2D eigenvalue weighted by Crippen LogP contribution is -1.94. The number of allylic oxidation sites excluding steroid dienone is 1. The minimum absolute atomic E-state index is 0.132. The smallest absolute Gasteiger partial charge is 0.185 e. The largest absolute Gasteiger partial charge is 0.497 e. The molecule has 0 spiro atoms. The van der Waals surface area contributed by atoms with Crippen molar-refractivity contribution in [2.24, 2.45) is 0 Å². The summed E-state index contributed by atoms with van der Waals surface area (Å²) in [4.78, 5) is 11.9. The number of hydrogen-bond acceptors (Lipinski definition) is 2. The van der Waals surface area contributed by atoms with Crippen molar-refractivity contribution in [2.45, 2.75) is 0 Å². The SMILES string of the molecule is COc1ccc(C(=O)/C=C/c2cccc(F)c2)cc1. The minimum atomic E-state index is -0.320. The molecule has 0 aliphatic carbocycles. The Balaban J connectivity index is 2.11. The molecular weight excluding hydrogens is 243 g/mol. The molecule has 2 rings (SSSR count). The zero-order valence-electron chi connectivity index (χ0n) is 10.5. The van der Waals surface area contributed by atoms with Crippen LogP contribution >= 0.6 is 0 Å². The average Bonchev–Trinajstić information content (AvgIpc) is 2.45. The Morgan fingerprint density at radius 2 is 1.89 bits per heavy atom. The highest BCUT2D eigenvalue weighted by atomic mass is 19.1. The second kappa shape index (κ2) is 5.96. The first-order valence-electron chi connectivity index (χ1n) is 5.81. The van der Waals surface area contributed by atoms with Crippen LogP contribution in [0.3, 0.4) is 0 Å². The van der Waals surface area contributed by atoms with E-state index in [1.807, 2.05) is 0 Å². The number of carbonyl (C=O) groups is 1. The molecule has 2 aromatic rings. The van der Waals surface area contributed by atoms with Gasteiger partial charge in [0.15, 0.2) is 5.78 Å². The summed E-state index contributed by atoms with van der Waals surface area (Å²) in [7, 11) is 1.57. The van der Waals surface area contributed by atoms with E-state index in [-0.39, 0.29) is 11.6 Å². The van der Waals surface area contributed by atoms with Crippen molar-refractivity contribution in [2.75, 3.05) is 7.11 Å². The van der Waals surface area contributed by atoms with E-state index in [1.54, 1.807) is 49.6 Å². The predicted octanol–water partition coefficient (Wildman–Crippen LogP) is 3.73. The highest BCUT2D eigenvalue weighted by Gasteiger charge is 2.01. The van der Waals surface area contributed by atoms with Crippen LogP contribution in [0.15, 0.2) is 54.6 Å². The van der Waals surface area contributed by atoms with E-state index in [0.717, 1.165) is 0 Å². The van der Waals surface area contributed by atoms with Crippen LogP contribution in [-0.2, 0) is 0 Å². The molecule has 0 atom stereocenters. The van der Waals surface area contributed by atoms with Gasteiger partial charge in [0.25, 0.3) is 0 Å². The highest BCUT2D eigenvalue weighted by Crippen LogP contribution is 2.13. The van der Waals surface area contributed by atoms with Crippen LogP contribution < -0.4 is 4.74 Å². The molecule has 96 valence electrons. The van der Waals surface area contributed by atoms with Crippen LogP contribution in [0.4, 0.5) is 4.39 Å². The second-order valence-electron chi connectivity index (χ2n) is 3.98. The summed E-state index contributed by atoms with van der Waals surface area (Å²) in [6.07, 6.45) is 3.02. The Bertz CT molecular complexity index is 600. The quantitative estimate of drug-likeness (QED) is 0.615. The van der Waals surface area contributed by atoms with Crippen molar-refractivity contribution in [1.82, 2.24) is 0 Å². The minimum Gasteiger partial charge on any atom is -0.497 e. The van der Waals surface area contributed by atoms with E-state index >= 15 is 0 Å². The van der Waals surface area contributed by atoms with E-state index in [4.69, 9.17) is 4.74 Å². The number of halogens is 1. The topological polar surface area (TPSA) is 26.3 Å². The van der Waals surface area contributed by atoms with Gasteiger partial charge in [-0.25, -0.2) is 4.39 Å². The van der Waals surface area contributed by atoms with Gasteiger partial charge in [0, 0.05) is 5.56 Å². The van der Waals surface area contributed by atoms with Crippen LogP contribution in [0.5, 0.6) is 5.75 Å². The lowest BCUT2D eigenvalue weighted by Gasteiger charge is -2.00. The van der Waals surface area contributed by atoms with Crippen molar-refractivity contribution < 1.29 is 13.9 Å². The number of hydrogen-bond donors (Lipinski definition) is 0. The van der Waals surface area contributed by atoms with Crippen LogP contribution in [0.25, 0.3) is 6.08 Å². The van der Waals surface area contributed by atoms with E-state index in [0.29, 0.717) is 16.9 Å². The molecule has 0 aliphatic heterocycles. The van der Waals surface area contributed by atoms with Gasteiger partial charge in [-0.1, -0.05) is 18.2 Å². The third kappa shape index (κ3) is 3.52. The number of benzene rings is 2. The zero-order chi connectivity index (χ0) is 13.7. The number of ether oxygens (including phenoxy) is 1. The van der Waals surface area contributed by atoms with Gasteiger partial charge in [-0.05, 0) is 48.0 Å².